The summed E-state index contributed by atoms with van der Waals surface area (Å²) < 4.78 is 0. The highest BCUT2D eigenvalue weighted by molar-refractivity contribution is 5.94. The summed E-state index contributed by atoms with van der Waals surface area (Å²) in [6.45, 7) is 1.99. The van der Waals surface area contributed by atoms with Crippen LogP contribution in [0.25, 0.3) is 0 Å². The molecule has 0 saturated carbocycles. The van der Waals surface area contributed by atoms with Crippen molar-refractivity contribution in [2.75, 3.05) is 5.43 Å². The first-order valence-electron chi connectivity index (χ1n) is 5.44. The Morgan fingerprint density at radius 2 is 1.59 bits per heavy atom. The second kappa shape index (κ2) is 5.16. The number of hydrazine groups is 1. The Bertz CT molecular complexity index is 491. The van der Waals surface area contributed by atoms with Crippen LogP contribution in [0.15, 0.2) is 54.6 Å². The molecular formula is C14H14N2O. The third-order valence-corrected chi connectivity index (χ3v) is 2.41. The van der Waals surface area contributed by atoms with E-state index in [-0.39, 0.29) is 5.91 Å². The quantitative estimate of drug-likeness (QED) is 0.790. The smallest absolute Gasteiger partial charge is 0.269 e. The molecule has 2 rings (SSSR count). The average molecular weight is 226 g/mol. The van der Waals surface area contributed by atoms with Crippen LogP contribution in [0.3, 0.4) is 0 Å². The Morgan fingerprint density at radius 1 is 0.941 bits per heavy atom. The fourth-order valence-corrected chi connectivity index (χ4v) is 1.43. The van der Waals surface area contributed by atoms with Gasteiger partial charge >= 0.3 is 0 Å². The third kappa shape index (κ3) is 3.08. The molecule has 0 aromatic heterocycles. The molecule has 0 fully saturated rings. The number of hydrogen-bond acceptors (Lipinski definition) is 2. The molecule has 86 valence electrons. The molecule has 0 saturated heterocycles. The molecular weight excluding hydrogens is 212 g/mol. The fraction of sp³-hybridized carbons (Fsp3) is 0.0714. The van der Waals surface area contributed by atoms with Crippen molar-refractivity contribution in [2.45, 2.75) is 6.92 Å². The van der Waals surface area contributed by atoms with Gasteiger partial charge in [0.2, 0.25) is 0 Å². The van der Waals surface area contributed by atoms with Gasteiger partial charge in [-0.2, -0.15) is 0 Å². The van der Waals surface area contributed by atoms with Gasteiger partial charge in [0.1, 0.15) is 0 Å². The van der Waals surface area contributed by atoms with Crippen LogP contribution < -0.4 is 10.9 Å². The minimum atomic E-state index is -0.145. The molecule has 1 amide bonds. The third-order valence-electron chi connectivity index (χ3n) is 2.41. The number of benzene rings is 2. The van der Waals surface area contributed by atoms with Crippen LogP contribution in [0.5, 0.6) is 0 Å². The molecule has 0 aliphatic carbocycles. The first-order valence-corrected chi connectivity index (χ1v) is 5.44. The van der Waals surface area contributed by atoms with Gasteiger partial charge in [-0.05, 0) is 31.2 Å². The predicted octanol–water partition coefficient (Wildman–Crippen LogP) is 2.75. The van der Waals surface area contributed by atoms with Crippen molar-refractivity contribution in [2.24, 2.45) is 0 Å². The van der Waals surface area contributed by atoms with E-state index in [0.717, 1.165) is 11.3 Å². The molecule has 0 atom stereocenters. The van der Waals surface area contributed by atoms with Gasteiger partial charge in [0, 0.05) is 5.56 Å². The van der Waals surface area contributed by atoms with Gasteiger partial charge in [-0.25, -0.2) is 0 Å². The zero-order chi connectivity index (χ0) is 12.1. The normalized spacial score (nSPS) is 9.71. The number of aryl methyl sites for hydroxylation is 1. The predicted molar refractivity (Wildman–Crippen MR) is 68.7 cm³/mol. The number of rotatable bonds is 3. The number of amides is 1. The lowest BCUT2D eigenvalue weighted by atomic mass is 10.1. The van der Waals surface area contributed by atoms with E-state index in [0.29, 0.717) is 5.56 Å². The summed E-state index contributed by atoms with van der Waals surface area (Å²) in [5.74, 6) is -0.145. The van der Waals surface area contributed by atoms with Crippen molar-refractivity contribution >= 4 is 11.6 Å². The van der Waals surface area contributed by atoms with Crippen LogP contribution in [0.2, 0.25) is 0 Å². The summed E-state index contributed by atoms with van der Waals surface area (Å²) in [4.78, 5) is 11.8. The molecule has 2 aromatic carbocycles. The van der Waals surface area contributed by atoms with Crippen molar-refractivity contribution in [3.63, 3.8) is 0 Å². The summed E-state index contributed by atoms with van der Waals surface area (Å²) >= 11 is 0. The monoisotopic (exact) mass is 226 g/mol. The topological polar surface area (TPSA) is 41.1 Å². The Morgan fingerprint density at radius 3 is 2.24 bits per heavy atom. The van der Waals surface area contributed by atoms with Gasteiger partial charge in [-0.1, -0.05) is 35.9 Å². The van der Waals surface area contributed by atoms with Crippen molar-refractivity contribution < 1.29 is 4.79 Å². The summed E-state index contributed by atoms with van der Waals surface area (Å²) in [5, 5.41) is 0. The molecule has 3 heteroatoms. The summed E-state index contributed by atoms with van der Waals surface area (Å²) in [5.41, 5.74) is 8.13. The highest BCUT2D eigenvalue weighted by Crippen LogP contribution is 2.05. The molecule has 0 unspecified atom stereocenters. The number of hydrogen-bond donors (Lipinski definition) is 2. The molecule has 0 aliphatic rings. The minimum Gasteiger partial charge on any atom is -0.298 e. The summed E-state index contributed by atoms with van der Waals surface area (Å²) in [6.07, 6.45) is 0. The van der Waals surface area contributed by atoms with Gasteiger partial charge in [0.15, 0.2) is 0 Å². The summed E-state index contributed by atoms with van der Waals surface area (Å²) in [6, 6.07) is 16.9. The van der Waals surface area contributed by atoms with E-state index in [2.05, 4.69) is 10.9 Å². The van der Waals surface area contributed by atoms with Gasteiger partial charge in [-0.15, -0.1) is 0 Å². The molecule has 2 aromatic rings. The zero-order valence-electron chi connectivity index (χ0n) is 9.60. The lowest BCUT2D eigenvalue weighted by Crippen LogP contribution is -2.29. The van der Waals surface area contributed by atoms with Crippen molar-refractivity contribution in [3.05, 3.63) is 65.7 Å². The van der Waals surface area contributed by atoms with E-state index in [4.69, 9.17) is 0 Å². The van der Waals surface area contributed by atoms with Crippen LogP contribution in [-0.2, 0) is 0 Å². The van der Waals surface area contributed by atoms with Crippen LogP contribution in [0.4, 0.5) is 5.69 Å². The van der Waals surface area contributed by atoms with Gasteiger partial charge in [0.05, 0.1) is 5.69 Å². The molecule has 0 heterocycles. The first-order chi connectivity index (χ1) is 8.25. The van der Waals surface area contributed by atoms with E-state index < -0.39 is 0 Å². The highest BCUT2D eigenvalue weighted by atomic mass is 16.2. The summed E-state index contributed by atoms with van der Waals surface area (Å²) in [7, 11) is 0. The van der Waals surface area contributed by atoms with Crippen LogP contribution >= 0.6 is 0 Å². The van der Waals surface area contributed by atoms with Crippen molar-refractivity contribution in [3.8, 4) is 0 Å². The lowest BCUT2D eigenvalue weighted by Gasteiger charge is -2.08. The standard InChI is InChI=1S/C14H14N2O/c1-11-7-9-12(10-8-11)14(17)16-15-13-5-3-2-4-6-13/h2-10,15H,1H3,(H,16,17). The fourth-order valence-electron chi connectivity index (χ4n) is 1.43. The maximum atomic E-state index is 11.8. The van der Waals surface area contributed by atoms with Crippen molar-refractivity contribution in [1.29, 1.82) is 0 Å². The Balaban J connectivity index is 1.96. The van der Waals surface area contributed by atoms with E-state index >= 15 is 0 Å². The number of carbonyl (C=O) groups is 1. The molecule has 0 radical (unpaired) electrons. The Labute approximate surface area is 100 Å². The van der Waals surface area contributed by atoms with Gasteiger partial charge in [0.25, 0.3) is 5.91 Å². The molecule has 2 N–H and O–H groups in total. The number of anilines is 1. The second-order valence-electron chi connectivity index (χ2n) is 3.81. The SMILES string of the molecule is Cc1ccc(C(=O)NNc2ccccc2)cc1. The van der Waals surface area contributed by atoms with E-state index in [1.54, 1.807) is 12.1 Å². The number of carbonyl (C=O) groups excluding carboxylic acids is 1. The minimum absolute atomic E-state index is 0.145. The average Bonchev–Trinajstić information content (AvgIpc) is 2.38. The maximum absolute atomic E-state index is 11.8. The van der Waals surface area contributed by atoms with E-state index in [1.165, 1.54) is 0 Å². The highest BCUT2D eigenvalue weighted by Gasteiger charge is 2.03. The zero-order valence-corrected chi connectivity index (χ0v) is 9.60. The van der Waals surface area contributed by atoms with Gasteiger partial charge < -0.3 is 0 Å². The van der Waals surface area contributed by atoms with E-state index in [1.807, 2.05) is 49.4 Å². The Kier molecular flexibility index (Phi) is 3.40. The number of para-hydroxylation sites is 1. The molecule has 3 nitrogen and oxygen atoms in total. The van der Waals surface area contributed by atoms with Crippen LogP contribution in [-0.4, -0.2) is 5.91 Å². The molecule has 0 spiro atoms. The molecule has 0 aliphatic heterocycles. The lowest BCUT2D eigenvalue weighted by molar-refractivity contribution is 0.0962. The van der Waals surface area contributed by atoms with Gasteiger partial charge in [-0.3, -0.25) is 15.6 Å². The number of nitrogens with one attached hydrogen (secondary N) is 2. The second-order valence-corrected chi connectivity index (χ2v) is 3.81. The largest absolute Gasteiger partial charge is 0.298 e. The maximum Gasteiger partial charge on any atom is 0.269 e. The Hall–Kier alpha value is -2.29. The van der Waals surface area contributed by atoms with Crippen molar-refractivity contribution in [1.82, 2.24) is 5.43 Å². The van der Waals surface area contributed by atoms with E-state index in [9.17, 15) is 4.79 Å². The molecule has 17 heavy (non-hydrogen) atoms. The van der Waals surface area contributed by atoms with Crippen LogP contribution in [0.1, 0.15) is 15.9 Å². The molecule has 0 bridgehead atoms. The first kappa shape index (κ1) is 11.2. The van der Waals surface area contributed by atoms with Crippen LogP contribution in [0, 0.1) is 6.92 Å².